The van der Waals surface area contributed by atoms with Gasteiger partial charge in [-0.05, 0) is 31.0 Å². The van der Waals surface area contributed by atoms with Crippen molar-refractivity contribution in [1.29, 1.82) is 10.5 Å². The average Bonchev–Trinajstić information content (AvgIpc) is 2.50. The number of hydrogen-bond acceptors (Lipinski definition) is 4. The van der Waals surface area contributed by atoms with Gasteiger partial charge in [0.2, 0.25) is 0 Å². The molecule has 0 bridgehead atoms. The van der Waals surface area contributed by atoms with E-state index < -0.39 is 5.75 Å². The van der Waals surface area contributed by atoms with Crippen LogP contribution in [-0.4, -0.2) is 5.11 Å². The van der Waals surface area contributed by atoms with Crippen LogP contribution in [0.3, 0.4) is 0 Å². The molecule has 0 saturated heterocycles. The third kappa shape index (κ3) is 2.67. The first-order chi connectivity index (χ1) is 10.4. The number of rotatable bonds is 2. The minimum absolute atomic E-state index is 0.132. The van der Waals surface area contributed by atoms with Gasteiger partial charge in [0.1, 0.15) is 27.9 Å². The summed E-state index contributed by atoms with van der Waals surface area (Å²) in [5.74, 6) is -0.138. The topological polar surface area (TPSA) is 77.0 Å². The van der Waals surface area contributed by atoms with E-state index in [4.69, 9.17) is 38.5 Å². The number of phenolic OH excluding ortho intramolecular Hbond substituents is 1. The summed E-state index contributed by atoms with van der Waals surface area (Å²) in [5.41, 5.74) is 1.46. The monoisotopic (exact) mass is 332 g/mol. The summed E-state index contributed by atoms with van der Waals surface area (Å²) < 4.78 is 5.65. The first-order valence-electron chi connectivity index (χ1n) is 6.20. The summed E-state index contributed by atoms with van der Waals surface area (Å²) in [5, 5.41) is 27.9. The Morgan fingerprint density at radius 2 is 1.64 bits per heavy atom. The Kier molecular flexibility index (Phi) is 4.47. The molecular formula is C16H10Cl2N2O2. The van der Waals surface area contributed by atoms with E-state index in [-0.39, 0.29) is 26.9 Å². The molecule has 2 rings (SSSR count). The van der Waals surface area contributed by atoms with Crippen LogP contribution in [0.1, 0.15) is 22.3 Å². The van der Waals surface area contributed by atoms with Gasteiger partial charge in [-0.1, -0.05) is 35.3 Å². The van der Waals surface area contributed by atoms with Gasteiger partial charge in [-0.25, -0.2) is 0 Å². The van der Waals surface area contributed by atoms with E-state index in [1.165, 1.54) is 0 Å². The van der Waals surface area contributed by atoms with Crippen molar-refractivity contribution in [3.8, 4) is 29.4 Å². The zero-order valence-electron chi connectivity index (χ0n) is 11.7. The number of ether oxygens (including phenoxy) is 1. The van der Waals surface area contributed by atoms with Gasteiger partial charge in [0.25, 0.3) is 0 Å². The van der Waals surface area contributed by atoms with Crippen molar-refractivity contribution < 1.29 is 9.84 Å². The van der Waals surface area contributed by atoms with E-state index in [2.05, 4.69) is 0 Å². The van der Waals surface area contributed by atoms with Crippen LogP contribution in [0.5, 0.6) is 17.2 Å². The molecule has 0 fully saturated rings. The van der Waals surface area contributed by atoms with E-state index in [1.807, 2.05) is 26.0 Å². The number of phenols is 1. The summed E-state index contributed by atoms with van der Waals surface area (Å²) in [6, 6.07) is 9.09. The highest BCUT2D eigenvalue weighted by Gasteiger charge is 2.24. The quantitative estimate of drug-likeness (QED) is 0.852. The van der Waals surface area contributed by atoms with E-state index in [0.717, 1.165) is 11.1 Å². The van der Waals surface area contributed by atoms with Crippen molar-refractivity contribution in [2.75, 3.05) is 0 Å². The lowest BCUT2D eigenvalue weighted by Crippen LogP contribution is -1.95. The van der Waals surface area contributed by atoms with E-state index >= 15 is 0 Å². The van der Waals surface area contributed by atoms with Gasteiger partial charge in [0, 0.05) is 0 Å². The molecule has 0 aliphatic carbocycles. The Bertz CT molecular complexity index is 849. The maximum Gasteiger partial charge on any atom is 0.190 e. The summed E-state index contributed by atoms with van der Waals surface area (Å²) in [4.78, 5) is 0. The van der Waals surface area contributed by atoms with Crippen molar-refractivity contribution in [2.45, 2.75) is 13.8 Å². The molecule has 0 aromatic heterocycles. The number of aryl methyl sites for hydroxylation is 2. The first-order valence-corrected chi connectivity index (χ1v) is 6.95. The van der Waals surface area contributed by atoms with Crippen LogP contribution >= 0.6 is 23.2 Å². The number of aromatic hydroxyl groups is 1. The normalized spacial score (nSPS) is 9.91. The predicted molar refractivity (Wildman–Crippen MR) is 83.5 cm³/mol. The van der Waals surface area contributed by atoms with Crippen molar-refractivity contribution in [3.05, 3.63) is 50.5 Å². The molecular weight excluding hydrogens is 323 g/mol. The summed E-state index contributed by atoms with van der Waals surface area (Å²) in [7, 11) is 0. The molecule has 2 aromatic rings. The molecule has 0 heterocycles. The molecule has 0 radical (unpaired) electrons. The van der Waals surface area contributed by atoms with Gasteiger partial charge in [-0.3, -0.25) is 0 Å². The average molecular weight is 333 g/mol. The standard InChI is InChI=1S/C16H10Cl2N2O2/c1-8-3-4-9(2)12(5-8)22-16-14(18)11(7-20)10(6-19)13(17)15(16)21/h3-5,21H,1-2H3. The molecule has 4 nitrogen and oxygen atoms in total. The van der Waals surface area contributed by atoms with Crippen LogP contribution < -0.4 is 4.74 Å². The molecule has 1 N–H and O–H groups in total. The summed E-state index contributed by atoms with van der Waals surface area (Å²) in [6.07, 6.45) is 0. The molecule has 2 aromatic carbocycles. The lowest BCUT2D eigenvalue weighted by molar-refractivity contribution is 0.410. The molecule has 0 aliphatic heterocycles. The molecule has 0 amide bonds. The molecule has 6 heteroatoms. The van der Waals surface area contributed by atoms with Gasteiger partial charge >= 0.3 is 0 Å². The third-order valence-electron chi connectivity index (χ3n) is 3.09. The molecule has 0 spiro atoms. The largest absolute Gasteiger partial charge is 0.503 e. The minimum atomic E-state index is -0.469. The lowest BCUT2D eigenvalue weighted by Gasteiger charge is -2.15. The van der Waals surface area contributed by atoms with Gasteiger partial charge in [-0.2, -0.15) is 10.5 Å². The van der Waals surface area contributed by atoms with E-state index in [1.54, 1.807) is 18.2 Å². The number of benzene rings is 2. The molecule has 110 valence electrons. The molecule has 0 atom stereocenters. The van der Waals surface area contributed by atoms with Gasteiger partial charge < -0.3 is 9.84 Å². The fourth-order valence-corrected chi connectivity index (χ4v) is 2.37. The highest BCUT2D eigenvalue weighted by atomic mass is 35.5. The Morgan fingerprint density at radius 3 is 2.23 bits per heavy atom. The van der Waals surface area contributed by atoms with Gasteiger partial charge in [0.05, 0.1) is 11.1 Å². The van der Waals surface area contributed by atoms with Crippen molar-refractivity contribution in [1.82, 2.24) is 0 Å². The van der Waals surface area contributed by atoms with Crippen LogP contribution in [-0.2, 0) is 0 Å². The second kappa shape index (κ2) is 6.15. The van der Waals surface area contributed by atoms with E-state index in [9.17, 15) is 5.11 Å². The maximum atomic E-state index is 10.1. The minimum Gasteiger partial charge on any atom is -0.503 e. The highest BCUT2D eigenvalue weighted by Crippen LogP contribution is 2.47. The van der Waals surface area contributed by atoms with Crippen LogP contribution in [0.15, 0.2) is 18.2 Å². The molecule has 0 aliphatic rings. The van der Waals surface area contributed by atoms with Crippen molar-refractivity contribution in [3.63, 3.8) is 0 Å². The summed E-state index contributed by atoms with van der Waals surface area (Å²) >= 11 is 12.0. The Morgan fingerprint density at radius 1 is 1.05 bits per heavy atom. The number of nitrogens with zero attached hydrogens (tertiary/aromatic N) is 2. The van der Waals surface area contributed by atoms with Crippen LogP contribution in [0, 0.1) is 36.5 Å². The fraction of sp³-hybridized carbons (Fsp3) is 0.125. The maximum absolute atomic E-state index is 10.1. The smallest absolute Gasteiger partial charge is 0.190 e. The van der Waals surface area contributed by atoms with Crippen molar-refractivity contribution in [2.24, 2.45) is 0 Å². The molecule has 0 saturated carbocycles. The zero-order chi connectivity index (χ0) is 16.4. The first kappa shape index (κ1) is 16.0. The fourth-order valence-electron chi connectivity index (χ4n) is 1.89. The zero-order valence-corrected chi connectivity index (χ0v) is 13.2. The second-order valence-corrected chi connectivity index (χ2v) is 5.41. The summed E-state index contributed by atoms with van der Waals surface area (Å²) in [6.45, 7) is 3.72. The molecule has 0 unspecified atom stereocenters. The van der Waals surface area contributed by atoms with E-state index in [0.29, 0.717) is 5.75 Å². The van der Waals surface area contributed by atoms with Crippen molar-refractivity contribution >= 4 is 23.2 Å². The third-order valence-corrected chi connectivity index (χ3v) is 3.82. The Hall–Kier alpha value is -2.40. The van der Waals surface area contributed by atoms with Crippen LogP contribution in [0.4, 0.5) is 0 Å². The number of halogens is 2. The SMILES string of the molecule is Cc1ccc(C)c(Oc2c(O)c(Cl)c(C#N)c(C#N)c2Cl)c1. The Labute approximate surface area is 137 Å². The van der Waals surface area contributed by atoms with Gasteiger partial charge in [0.15, 0.2) is 11.5 Å². The van der Waals surface area contributed by atoms with Crippen LogP contribution in [0.2, 0.25) is 10.0 Å². The number of hydrogen-bond donors (Lipinski definition) is 1. The van der Waals surface area contributed by atoms with Crippen LogP contribution in [0.25, 0.3) is 0 Å². The lowest BCUT2D eigenvalue weighted by atomic mass is 10.1. The second-order valence-electron chi connectivity index (χ2n) is 4.65. The highest BCUT2D eigenvalue weighted by molar-refractivity contribution is 6.37. The number of nitriles is 2. The van der Waals surface area contributed by atoms with Gasteiger partial charge in [-0.15, -0.1) is 0 Å². The molecule has 22 heavy (non-hydrogen) atoms. The predicted octanol–water partition coefficient (Wildman–Crippen LogP) is 4.85. The Balaban J connectivity index is 2.67.